The van der Waals surface area contributed by atoms with Crippen molar-refractivity contribution in [2.45, 2.75) is 18.9 Å². The van der Waals surface area contributed by atoms with Crippen LogP contribution in [0.2, 0.25) is 0 Å². The Morgan fingerprint density at radius 2 is 1.76 bits per heavy atom. The Hall–Kier alpha value is -3.77. The molecule has 3 heterocycles. The highest BCUT2D eigenvalue weighted by Gasteiger charge is 2.26. The van der Waals surface area contributed by atoms with E-state index in [4.69, 9.17) is 9.72 Å². The Balaban J connectivity index is 1.46. The molecular weight excluding hydrogens is 424 g/mol. The van der Waals surface area contributed by atoms with Crippen LogP contribution >= 0.6 is 0 Å². The number of aromatic nitrogens is 2. The number of carbonyl (C=O) groups excluding carboxylic acids is 1. The molecule has 1 saturated heterocycles. The number of fused-ring (bicyclic) bond motifs is 1. The number of pyridine rings is 2. The first-order valence-corrected chi connectivity index (χ1v) is 11.7. The lowest BCUT2D eigenvalue weighted by Gasteiger charge is -2.29. The molecule has 0 aliphatic carbocycles. The van der Waals surface area contributed by atoms with Gasteiger partial charge in [0.1, 0.15) is 5.75 Å². The Morgan fingerprint density at radius 1 is 1.03 bits per heavy atom. The summed E-state index contributed by atoms with van der Waals surface area (Å²) in [6.07, 6.45) is 5.81. The third-order valence-corrected chi connectivity index (χ3v) is 6.47. The zero-order chi connectivity index (χ0) is 23.3. The number of likely N-dealkylation sites (tertiary alicyclic amines) is 1. The molecule has 34 heavy (non-hydrogen) atoms. The van der Waals surface area contributed by atoms with Crippen molar-refractivity contribution in [1.82, 2.24) is 20.2 Å². The van der Waals surface area contributed by atoms with Crippen LogP contribution < -0.4 is 10.1 Å². The molecule has 2 aromatic carbocycles. The van der Waals surface area contributed by atoms with Gasteiger partial charge in [-0.15, -0.1) is 0 Å². The molecule has 6 nitrogen and oxygen atoms in total. The van der Waals surface area contributed by atoms with E-state index in [1.807, 2.05) is 60.7 Å². The Kier molecular flexibility index (Phi) is 6.49. The van der Waals surface area contributed by atoms with Crippen LogP contribution in [0, 0.1) is 0 Å². The van der Waals surface area contributed by atoms with Crippen LogP contribution in [0.5, 0.6) is 5.75 Å². The first-order valence-electron chi connectivity index (χ1n) is 11.7. The number of para-hydroxylation sites is 2. The maximum absolute atomic E-state index is 13.5. The second kappa shape index (κ2) is 10.0. The Bertz CT molecular complexity index is 1290. The molecule has 0 spiro atoms. The van der Waals surface area contributed by atoms with Crippen LogP contribution in [-0.2, 0) is 0 Å². The Labute approximate surface area is 199 Å². The van der Waals surface area contributed by atoms with Gasteiger partial charge in [0.15, 0.2) is 0 Å². The van der Waals surface area contributed by atoms with Gasteiger partial charge in [-0.25, -0.2) is 4.98 Å². The fraction of sp³-hybridized carbons (Fsp3) is 0.250. The molecule has 1 amide bonds. The third-order valence-electron chi connectivity index (χ3n) is 6.47. The number of nitrogens with one attached hydrogen (secondary N) is 1. The summed E-state index contributed by atoms with van der Waals surface area (Å²) in [5.74, 6) is 0.746. The number of benzene rings is 2. The van der Waals surface area contributed by atoms with Gasteiger partial charge in [-0.3, -0.25) is 14.7 Å². The smallest absolute Gasteiger partial charge is 0.252 e. The van der Waals surface area contributed by atoms with Crippen LogP contribution in [0.4, 0.5) is 0 Å². The van der Waals surface area contributed by atoms with Crippen molar-refractivity contribution >= 4 is 16.8 Å². The van der Waals surface area contributed by atoms with Gasteiger partial charge in [-0.2, -0.15) is 0 Å². The second-order valence-corrected chi connectivity index (χ2v) is 8.52. The summed E-state index contributed by atoms with van der Waals surface area (Å²) in [5.41, 5.74) is 4.20. The van der Waals surface area contributed by atoms with Crippen LogP contribution in [0.1, 0.15) is 34.8 Å². The fourth-order valence-electron chi connectivity index (χ4n) is 4.75. The molecule has 5 rings (SSSR count). The van der Waals surface area contributed by atoms with Crippen molar-refractivity contribution in [3.63, 3.8) is 0 Å². The number of ether oxygens (including phenoxy) is 1. The molecule has 1 N–H and O–H groups in total. The van der Waals surface area contributed by atoms with E-state index in [2.05, 4.69) is 21.3 Å². The predicted molar refractivity (Wildman–Crippen MR) is 134 cm³/mol. The van der Waals surface area contributed by atoms with E-state index in [0.29, 0.717) is 12.1 Å². The average molecular weight is 453 g/mol. The summed E-state index contributed by atoms with van der Waals surface area (Å²) < 4.78 is 5.65. The van der Waals surface area contributed by atoms with Gasteiger partial charge in [0.25, 0.3) is 5.91 Å². The van der Waals surface area contributed by atoms with E-state index in [1.54, 1.807) is 19.5 Å². The van der Waals surface area contributed by atoms with Crippen molar-refractivity contribution in [2.75, 3.05) is 26.7 Å². The highest BCUT2D eigenvalue weighted by atomic mass is 16.5. The zero-order valence-corrected chi connectivity index (χ0v) is 19.3. The number of rotatable bonds is 7. The number of methoxy groups -OCH3 is 1. The first-order chi connectivity index (χ1) is 16.7. The molecule has 1 aliphatic heterocycles. The van der Waals surface area contributed by atoms with Crippen LogP contribution in [0.3, 0.4) is 0 Å². The first kappa shape index (κ1) is 22.0. The molecule has 6 heteroatoms. The van der Waals surface area contributed by atoms with Gasteiger partial charge in [0.2, 0.25) is 0 Å². The number of hydrogen-bond donors (Lipinski definition) is 1. The quantitative estimate of drug-likeness (QED) is 0.433. The normalized spacial score (nSPS) is 14.7. The van der Waals surface area contributed by atoms with Crippen molar-refractivity contribution in [2.24, 2.45) is 0 Å². The summed E-state index contributed by atoms with van der Waals surface area (Å²) in [4.78, 5) is 24.9. The molecule has 1 aliphatic rings. The van der Waals surface area contributed by atoms with Gasteiger partial charge < -0.3 is 10.1 Å². The number of carbonyl (C=O) groups is 1. The molecule has 0 saturated carbocycles. The highest BCUT2D eigenvalue weighted by molar-refractivity contribution is 6.07. The summed E-state index contributed by atoms with van der Waals surface area (Å²) in [7, 11) is 1.70. The van der Waals surface area contributed by atoms with E-state index in [-0.39, 0.29) is 11.9 Å². The molecule has 4 aromatic rings. The summed E-state index contributed by atoms with van der Waals surface area (Å²) in [5, 5.41) is 4.06. The van der Waals surface area contributed by atoms with Gasteiger partial charge >= 0.3 is 0 Å². The SMILES string of the molecule is COc1ccccc1[C@@H](CNC(=O)c1cc(-c2ccncc2)nc2ccccc12)N1CCCC1. The lowest BCUT2D eigenvalue weighted by Crippen LogP contribution is -2.37. The molecular formula is C28H28N4O2. The highest BCUT2D eigenvalue weighted by Crippen LogP contribution is 2.31. The molecule has 0 radical (unpaired) electrons. The molecule has 0 unspecified atom stereocenters. The number of nitrogens with zero attached hydrogens (tertiary/aromatic N) is 3. The summed E-state index contributed by atoms with van der Waals surface area (Å²) in [6.45, 7) is 2.53. The van der Waals surface area contributed by atoms with Crippen molar-refractivity contribution in [3.8, 4) is 17.0 Å². The van der Waals surface area contributed by atoms with E-state index in [1.165, 1.54) is 12.8 Å². The monoisotopic (exact) mass is 452 g/mol. The van der Waals surface area contributed by atoms with Crippen molar-refractivity contribution in [3.05, 3.63) is 90.3 Å². The van der Waals surface area contributed by atoms with Crippen LogP contribution in [0.25, 0.3) is 22.2 Å². The standard InChI is InChI=1S/C28H28N4O2/c1-34-27-11-5-3-9-22(27)26(32-16-6-7-17-32)19-30-28(33)23-18-25(20-12-14-29-15-13-20)31-24-10-4-2-8-21(23)24/h2-5,8-15,18,26H,6-7,16-17,19H2,1H3,(H,30,33)/t26-/m1/s1. The molecule has 1 atom stereocenters. The van der Waals surface area contributed by atoms with E-state index >= 15 is 0 Å². The maximum atomic E-state index is 13.5. The lowest BCUT2D eigenvalue weighted by atomic mass is 10.0. The largest absolute Gasteiger partial charge is 0.496 e. The number of amides is 1. The average Bonchev–Trinajstić information content (AvgIpc) is 3.43. The molecule has 2 aromatic heterocycles. The molecule has 1 fully saturated rings. The number of hydrogen-bond acceptors (Lipinski definition) is 5. The molecule has 0 bridgehead atoms. The van der Waals surface area contributed by atoms with Crippen molar-refractivity contribution < 1.29 is 9.53 Å². The fourth-order valence-corrected chi connectivity index (χ4v) is 4.75. The molecule has 172 valence electrons. The lowest BCUT2D eigenvalue weighted by molar-refractivity contribution is 0.0939. The van der Waals surface area contributed by atoms with Crippen LogP contribution in [0.15, 0.2) is 79.1 Å². The minimum atomic E-state index is -0.104. The van der Waals surface area contributed by atoms with Gasteiger partial charge in [0, 0.05) is 35.5 Å². The van der Waals surface area contributed by atoms with Gasteiger partial charge in [-0.05, 0) is 56.3 Å². The maximum Gasteiger partial charge on any atom is 0.252 e. The minimum Gasteiger partial charge on any atom is -0.496 e. The van der Waals surface area contributed by atoms with Crippen LogP contribution in [-0.4, -0.2) is 47.5 Å². The van der Waals surface area contributed by atoms with Gasteiger partial charge in [0.05, 0.1) is 29.9 Å². The van der Waals surface area contributed by atoms with Gasteiger partial charge in [-0.1, -0.05) is 36.4 Å². The summed E-state index contributed by atoms with van der Waals surface area (Å²) in [6, 6.07) is 21.6. The van der Waals surface area contributed by atoms with E-state index in [9.17, 15) is 4.79 Å². The topological polar surface area (TPSA) is 67.3 Å². The van der Waals surface area contributed by atoms with E-state index in [0.717, 1.165) is 46.6 Å². The summed E-state index contributed by atoms with van der Waals surface area (Å²) >= 11 is 0. The van der Waals surface area contributed by atoms with Crippen molar-refractivity contribution in [1.29, 1.82) is 0 Å². The third kappa shape index (κ3) is 4.50. The Morgan fingerprint density at radius 3 is 2.56 bits per heavy atom. The van der Waals surface area contributed by atoms with E-state index < -0.39 is 0 Å². The second-order valence-electron chi connectivity index (χ2n) is 8.52. The zero-order valence-electron chi connectivity index (χ0n) is 19.3. The predicted octanol–water partition coefficient (Wildman–Crippen LogP) is 4.87. The minimum absolute atomic E-state index is 0.0513.